The Hall–Kier alpha value is -1.96. The number of aromatic nitrogens is 2. The number of thioether (sulfide) groups is 1. The maximum atomic E-state index is 12.9. The summed E-state index contributed by atoms with van der Waals surface area (Å²) in [5.74, 6) is -1.82. The van der Waals surface area contributed by atoms with Crippen molar-refractivity contribution in [2.45, 2.75) is 11.8 Å². The lowest BCUT2D eigenvalue weighted by Crippen LogP contribution is -2.14. The summed E-state index contributed by atoms with van der Waals surface area (Å²) in [6.45, 7) is 1.62. The van der Waals surface area contributed by atoms with Gasteiger partial charge in [-0.2, -0.15) is 4.98 Å². The molecular formula is C11H9F2N3O2S. The monoisotopic (exact) mass is 285 g/mol. The summed E-state index contributed by atoms with van der Waals surface area (Å²) in [5.41, 5.74) is 0. The Morgan fingerprint density at radius 1 is 1.42 bits per heavy atom. The predicted octanol–water partition coefficient (Wildman–Crippen LogP) is 2.39. The third kappa shape index (κ3) is 3.75. The summed E-state index contributed by atoms with van der Waals surface area (Å²) in [5, 5.41) is 5.90. The number of halogens is 2. The molecule has 1 N–H and O–H groups in total. The van der Waals surface area contributed by atoms with Gasteiger partial charge in [-0.3, -0.25) is 10.1 Å². The van der Waals surface area contributed by atoms with Gasteiger partial charge in [0.05, 0.1) is 5.75 Å². The summed E-state index contributed by atoms with van der Waals surface area (Å²) in [6.07, 6.45) is 0. The lowest BCUT2D eigenvalue weighted by molar-refractivity contribution is -0.114. The molecule has 5 nitrogen and oxygen atoms in total. The largest absolute Gasteiger partial charge is 0.328 e. The van der Waals surface area contributed by atoms with E-state index in [1.807, 2.05) is 0 Å². The maximum absolute atomic E-state index is 12.9. The Bertz CT molecular complexity index is 603. The number of aryl methyl sites for hydroxylation is 1. The molecule has 0 bridgehead atoms. The molecule has 0 fully saturated rings. The van der Waals surface area contributed by atoms with Crippen LogP contribution >= 0.6 is 11.8 Å². The van der Waals surface area contributed by atoms with Gasteiger partial charge >= 0.3 is 6.01 Å². The van der Waals surface area contributed by atoms with Crippen LogP contribution in [0, 0.1) is 18.6 Å². The van der Waals surface area contributed by atoms with Crippen LogP contribution in [0.3, 0.4) is 0 Å². The zero-order valence-corrected chi connectivity index (χ0v) is 10.6. The molecule has 100 valence electrons. The molecule has 2 aromatic rings. The number of nitrogens with one attached hydrogen (secondary N) is 1. The van der Waals surface area contributed by atoms with Crippen LogP contribution in [0.1, 0.15) is 5.82 Å². The van der Waals surface area contributed by atoms with Gasteiger partial charge in [0.25, 0.3) is 0 Å². The second kappa shape index (κ2) is 5.79. The van der Waals surface area contributed by atoms with Crippen LogP contribution < -0.4 is 5.32 Å². The Balaban J connectivity index is 1.88. The minimum Gasteiger partial charge on any atom is -0.315 e. The van der Waals surface area contributed by atoms with Gasteiger partial charge in [0.2, 0.25) is 5.91 Å². The van der Waals surface area contributed by atoms with Crippen molar-refractivity contribution in [1.29, 1.82) is 0 Å². The number of carbonyl (C=O) groups is 1. The van der Waals surface area contributed by atoms with Crippen molar-refractivity contribution in [3.05, 3.63) is 35.7 Å². The van der Waals surface area contributed by atoms with Gasteiger partial charge in [-0.15, -0.1) is 11.8 Å². The highest BCUT2D eigenvalue weighted by molar-refractivity contribution is 8.00. The first-order valence-electron chi connectivity index (χ1n) is 5.22. The molecule has 1 aromatic heterocycles. The fourth-order valence-electron chi connectivity index (χ4n) is 1.22. The van der Waals surface area contributed by atoms with E-state index in [1.165, 1.54) is 6.07 Å². The number of nitrogens with zero attached hydrogens (tertiary/aromatic N) is 2. The van der Waals surface area contributed by atoms with E-state index in [9.17, 15) is 13.6 Å². The predicted molar refractivity (Wildman–Crippen MR) is 64.7 cm³/mol. The molecule has 0 saturated carbocycles. The Morgan fingerprint density at radius 2 is 2.21 bits per heavy atom. The van der Waals surface area contributed by atoms with Crippen LogP contribution in [0.15, 0.2) is 27.6 Å². The minimum atomic E-state index is -0.946. The fourth-order valence-corrected chi connectivity index (χ4v) is 1.94. The van der Waals surface area contributed by atoms with Gasteiger partial charge in [0.1, 0.15) is 0 Å². The van der Waals surface area contributed by atoms with E-state index in [0.717, 1.165) is 23.9 Å². The van der Waals surface area contributed by atoms with E-state index >= 15 is 0 Å². The summed E-state index contributed by atoms with van der Waals surface area (Å²) in [4.78, 5) is 15.8. The second-order valence-corrected chi connectivity index (χ2v) is 4.61. The average molecular weight is 285 g/mol. The van der Waals surface area contributed by atoms with Crippen molar-refractivity contribution in [2.24, 2.45) is 0 Å². The molecule has 0 radical (unpaired) electrons. The number of amides is 1. The number of benzene rings is 1. The van der Waals surface area contributed by atoms with Crippen LogP contribution in [0.2, 0.25) is 0 Å². The van der Waals surface area contributed by atoms with E-state index in [2.05, 4.69) is 15.5 Å². The first-order valence-corrected chi connectivity index (χ1v) is 6.21. The van der Waals surface area contributed by atoms with Crippen molar-refractivity contribution in [3.8, 4) is 0 Å². The van der Waals surface area contributed by atoms with E-state index < -0.39 is 11.6 Å². The molecule has 0 atom stereocenters. The molecule has 0 aliphatic carbocycles. The molecule has 19 heavy (non-hydrogen) atoms. The Labute approximate surface area is 111 Å². The summed E-state index contributed by atoms with van der Waals surface area (Å²) in [7, 11) is 0. The summed E-state index contributed by atoms with van der Waals surface area (Å²) < 4.78 is 30.3. The summed E-state index contributed by atoms with van der Waals surface area (Å²) >= 11 is 1.07. The van der Waals surface area contributed by atoms with Crippen molar-refractivity contribution in [1.82, 2.24) is 10.1 Å². The van der Waals surface area contributed by atoms with E-state index in [0.29, 0.717) is 10.7 Å². The van der Waals surface area contributed by atoms with Crippen LogP contribution in [-0.4, -0.2) is 21.8 Å². The fraction of sp³-hybridized carbons (Fsp3) is 0.182. The molecule has 2 rings (SSSR count). The van der Waals surface area contributed by atoms with Crippen molar-refractivity contribution >= 4 is 23.7 Å². The molecule has 1 heterocycles. The molecule has 1 amide bonds. The average Bonchev–Trinajstić information content (AvgIpc) is 2.76. The maximum Gasteiger partial charge on any atom is 0.328 e. The van der Waals surface area contributed by atoms with Crippen LogP contribution in [0.25, 0.3) is 0 Å². The van der Waals surface area contributed by atoms with E-state index in [4.69, 9.17) is 4.52 Å². The summed E-state index contributed by atoms with van der Waals surface area (Å²) in [6, 6.07) is 3.45. The highest BCUT2D eigenvalue weighted by atomic mass is 32.2. The normalized spacial score (nSPS) is 10.5. The first kappa shape index (κ1) is 13.5. The molecule has 0 unspecified atom stereocenters. The van der Waals surface area contributed by atoms with Crippen molar-refractivity contribution in [2.75, 3.05) is 11.1 Å². The van der Waals surface area contributed by atoms with Gasteiger partial charge < -0.3 is 4.52 Å². The smallest absolute Gasteiger partial charge is 0.315 e. The van der Waals surface area contributed by atoms with E-state index in [1.54, 1.807) is 6.92 Å². The molecule has 0 spiro atoms. The number of anilines is 1. The zero-order chi connectivity index (χ0) is 13.8. The Kier molecular flexibility index (Phi) is 4.10. The second-order valence-electron chi connectivity index (χ2n) is 3.56. The molecule has 0 aliphatic rings. The van der Waals surface area contributed by atoms with Gasteiger partial charge in [-0.05, 0) is 25.1 Å². The van der Waals surface area contributed by atoms with Crippen LogP contribution in [0.5, 0.6) is 0 Å². The van der Waals surface area contributed by atoms with Gasteiger partial charge in [-0.1, -0.05) is 5.16 Å². The van der Waals surface area contributed by atoms with Crippen LogP contribution in [-0.2, 0) is 4.79 Å². The highest BCUT2D eigenvalue weighted by Crippen LogP contribution is 2.20. The van der Waals surface area contributed by atoms with Crippen LogP contribution in [0.4, 0.5) is 14.8 Å². The lowest BCUT2D eigenvalue weighted by Gasteiger charge is -2.01. The zero-order valence-electron chi connectivity index (χ0n) is 9.81. The van der Waals surface area contributed by atoms with E-state index in [-0.39, 0.29) is 17.7 Å². The highest BCUT2D eigenvalue weighted by Gasteiger charge is 2.09. The lowest BCUT2D eigenvalue weighted by atomic mass is 10.3. The standard InChI is InChI=1S/C11H9F2N3O2S/c1-6-14-11(18-16-6)15-10(17)5-19-7-2-3-8(12)9(13)4-7/h2-4H,5H2,1H3,(H,14,15,16,17). The third-order valence-corrected chi connectivity index (χ3v) is 3.03. The van der Waals surface area contributed by atoms with Gasteiger partial charge in [-0.25, -0.2) is 8.78 Å². The van der Waals surface area contributed by atoms with Gasteiger partial charge in [0.15, 0.2) is 17.5 Å². The quantitative estimate of drug-likeness (QED) is 0.874. The number of rotatable bonds is 4. The number of hydrogen-bond acceptors (Lipinski definition) is 5. The molecular weight excluding hydrogens is 276 g/mol. The Morgan fingerprint density at radius 3 is 2.84 bits per heavy atom. The van der Waals surface area contributed by atoms with Gasteiger partial charge in [0, 0.05) is 4.90 Å². The van der Waals surface area contributed by atoms with Crippen molar-refractivity contribution < 1.29 is 18.1 Å². The molecule has 0 saturated heterocycles. The molecule has 1 aromatic carbocycles. The topological polar surface area (TPSA) is 68.0 Å². The number of carbonyl (C=O) groups excluding carboxylic acids is 1. The van der Waals surface area contributed by atoms with Crippen molar-refractivity contribution in [3.63, 3.8) is 0 Å². The molecule has 8 heteroatoms. The molecule has 0 aliphatic heterocycles. The third-order valence-electron chi connectivity index (χ3n) is 2.03. The first-order chi connectivity index (χ1) is 9.04. The minimum absolute atomic E-state index is 0.00777. The SMILES string of the molecule is Cc1noc(NC(=O)CSc2ccc(F)c(F)c2)n1. The number of hydrogen-bond donors (Lipinski definition) is 1.